The minimum Gasteiger partial charge on any atom is -0.421 e. The van der Waals surface area contributed by atoms with Crippen molar-refractivity contribution >= 4 is 11.6 Å². The van der Waals surface area contributed by atoms with Gasteiger partial charge in [-0.15, -0.1) is 0 Å². The van der Waals surface area contributed by atoms with E-state index in [-0.39, 0.29) is 6.01 Å². The number of rotatable bonds is 2. The molecule has 0 fully saturated rings. The van der Waals surface area contributed by atoms with Crippen LogP contribution in [-0.2, 0) is 0 Å². The SMILES string of the molecule is Clc1ccccc1Oc1nn[nH]n1. The quantitative estimate of drug-likeness (QED) is 0.793. The summed E-state index contributed by atoms with van der Waals surface area (Å²) in [6, 6.07) is 7.20. The molecule has 2 rings (SSSR count). The Balaban J connectivity index is 2.24. The Hall–Kier alpha value is -1.62. The lowest BCUT2D eigenvalue weighted by Crippen LogP contribution is -1.86. The van der Waals surface area contributed by atoms with Crippen LogP contribution in [0.2, 0.25) is 5.02 Å². The number of ether oxygens (including phenoxy) is 1. The highest BCUT2D eigenvalue weighted by Crippen LogP contribution is 2.26. The van der Waals surface area contributed by atoms with Crippen LogP contribution in [-0.4, -0.2) is 20.6 Å². The Bertz CT molecular complexity index is 389. The number of aromatic amines is 1. The number of tetrazole rings is 1. The topological polar surface area (TPSA) is 63.7 Å². The van der Waals surface area contributed by atoms with Gasteiger partial charge in [-0.2, -0.15) is 5.21 Å². The van der Waals surface area contributed by atoms with E-state index in [4.69, 9.17) is 16.3 Å². The van der Waals surface area contributed by atoms with E-state index in [2.05, 4.69) is 20.6 Å². The minimum absolute atomic E-state index is 0.146. The van der Waals surface area contributed by atoms with Crippen LogP contribution in [0.5, 0.6) is 11.8 Å². The molecule has 0 amide bonds. The van der Waals surface area contributed by atoms with Gasteiger partial charge < -0.3 is 4.74 Å². The Morgan fingerprint density at radius 2 is 2.15 bits per heavy atom. The molecule has 1 N–H and O–H groups in total. The van der Waals surface area contributed by atoms with Crippen LogP contribution < -0.4 is 4.74 Å². The molecule has 0 saturated heterocycles. The summed E-state index contributed by atoms with van der Waals surface area (Å²) in [5.41, 5.74) is 0. The lowest BCUT2D eigenvalue weighted by Gasteiger charge is -2.00. The summed E-state index contributed by atoms with van der Waals surface area (Å²) >= 11 is 5.83. The van der Waals surface area contributed by atoms with Crippen molar-refractivity contribution in [1.82, 2.24) is 20.6 Å². The van der Waals surface area contributed by atoms with Gasteiger partial charge in [-0.05, 0) is 17.3 Å². The fourth-order valence-corrected chi connectivity index (χ4v) is 0.996. The number of H-pyrrole nitrogens is 1. The van der Waals surface area contributed by atoms with Crippen LogP contribution >= 0.6 is 11.6 Å². The maximum atomic E-state index is 5.83. The number of halogens is 1. The fraction of sp³-hybridized carbons (Fsp3) is 0. The summed E-state index contributed by atoms with van der Waals surface area (Å²) in [5, 5.41) is 13.4. The van der Waals surface area contributed by atoms with Gasteiger partial charge >= 0.3 is 6.01 Å². The van der Waals surface area contributed by atoms with Crippen molar-refractivity contribution in [2.45, 2.75) is 0 Å². The predicted octanol–water partition coefficient (Wildman–Crippen LogP) is 1.65. The van der Waals surface area contributed by atoms with Gasteiger partial charge in [0, 0.05) is 0 Å². The van der Waals surface area contributed by atoms with Crippen molar-refractivity contribution in [3.63, 3.8) is 0 Å². The van der Waals surface area contributed by atoms with Crippen LogP contribution in [0, 0.1) is 0 Å². The van der Waals surface area contributed by atoms with Crippen LogP contribution in [0.3, 0.4) is 0 Å². The monoisotopic (exact) mass is 196 g/mol. The van der Waals surface area contributed by atoms with Gasteiger partial charge in [0.2, 0.25) is 0 Å². The van der Waals surface area contributed by atoms with Gasteiger partial charge in [0.15, 0.2) is 0 Å². The maximum Gasteiger partial charge on any atom is 0.361 e. The summed E-state index contributed by atoms with van der Waals surface area (Å²) in [7, 11) is 0. The number of nitrogens with one attached hydrogen (secondary N) is 1. The second-order valence-electron chi connectivity index (χ2n) is 2.23. The fourth-order valence-electron chi connectivity index (χ4n) is 0.822. The lowest BCUT2D eigenvalue weighted by molar-refractivity contribution is 0.443. The van der Waals surface area contributed by atoms with E-state index in [0.29, 0.717) is 10.8 Å². The number of para-hydroxylation sites is 1. The Kier molecular flexibility index (Phi) is 2.09. The summed E-state index contributed by atoms with van der Waals surface area (Å²) in [6.07, 6.45) is 0. The number of hydrogen-bond acceptors (Lipinski definition) is 4. The standard InChI is InChI=1S/C7H5ClN4O/c8-5-3-1-2-4-6(5)13-7-9-11-12-10-7/h1-4H,(H,9,10,11,12). The molecular weight excluding hydrogens is 192 g/mol. The summed E-state index contributed by atoms with van der Waals surface area (Å²) in [5.74, 6) is 0.505. The number of hydrogen-bond donors (Lipinski definition) is 1. The first kappa shape index (κ1) is 8.00. The average molecular weight is 197 g/mol. The van der Waals surface area contributed by atoms with E-state index in [1.54, 1.807) is 18.2 Å². The van der Waals surface area contributed by atoms with E-state index in [0.717, 1.165) is 0 Å². The average Bonchev–Trinajstić information content (AvgIpc) is 2.61. The van der Waals surface area contributed by atoms with Crippen molar-refractivity contribution in [3.05, 3.63) is 29.3 Å². The van der Waals surface area contributed by atoms with Crippen LogP contribution in [0.25, 0.3) is 0 Å². The van der Waals surface area contributed by atoms with Crippen molar-refractivity contribution in [2.24, 2.45) is 0 Å². The van der Waals surface area contributed by atoms with Gasteiger partial charge in [-0.3, -0.25) is 0 Å². The van der Waals surface area contributed by atoms with E-state index >= 15 is 0 Å². The highest BCUT2D eigenvalue weighted by atomic mass is 35.5. The van der Waals surface area contributed by atoms with Crippen molar-refractivity contribution in [1.29, 1.82) is 0 Å². The second-order valence-corrected chi connectivity index (χ2v) is 2.63. The Labute approximate surface area is 78.7 Å². The normalized spacial score (nSPS) is 9.92. The molecule has 0 bridgehead atoms. The van der Waals surface area contributed by atoms with E-state index in [1.165, 1.54) is 0 Å². The first-order valence-corrected chi connectivity index (χ1v) is 3.90. The van der Waals surface area contributed by atoms with Crippen LogP contribution in [0.15, 0.2) is 24.3 Å². The number of aromatic nitrogens is 4. The van der Waals surface area contributed by atoms with E-state index in [9.17, 15) is 0 Å². The molecule has 1 aromatic heterocycles. The van der Waals surface area contributed by atoms with Gasteiger partial charge in [-0.25, -0.2) is 0 Å². The molecule has 0 spiro atoms. The third kappa shape index (κ3) is 1.75. The molecule has 0 aliphatic heterocycles. The lowest BCUT2D eigenvalue weighted by atomic mass is 10.3. The molecule has 0 aliphatic rings. The molecule has 66 valence electrons. The summed E-state index contributed by atoms with van der Waals surface area (Å²) < 4.78 is 5.20. The van der Waals surface area contributed by atoms with Crippen molar-refractivity contribution in [2.75, 3.05) is 0 Å². The summed E-state index contributed by atoms with van der Waals surface area (Å²) in [6.45, 7) is 0. The molecule has 0 saturated carbocycles. The van der Waals surface area contributed by atoms with Gasteiger partial charge in [0.05, 0.1) is 5.02 Å². The molecule has 0 radical (unpaired) electrons. The molecular formula is C7H5ClN4O. The first-order valence-electron chi connectivity index (χ1n) is 3.52. The van der Waals surface area contributed by atoms with Crippen molar-refractivity contribution in [3.8, 4) is 11.8 Å². The Morgan fingerprint density at radius 1 is 1.31 bits per heavy atom. The maximum absolute atomic E-state index is 5.83. The molecule has 2 aromatic rings. The van der Waals surface area contributed by atoms with Crippen molar-refractivity contribution < 1.29 is 4.74 Å². The number of nitrogens with zero attached hydrogens (tertiary/aromatic N) is 3. The van der Waals surface area contributed by atoms with Crippen LogP contribution in [0.1, 0.15) is 0 Å². The smallest absolute Gasteiger partial charge is 0.361 e. The third-order valence-electron chi connectivity index (χ3n) is 1.36. The van der Waals surface area contributed by atoms with Gasteiger partial charge in [-0.1, -0.05) is 33.9 Å². The molecule has 5 nitrogen and oxygen atoms in total. The zero-order chi connectivity index (χ0) is 9.10. The Morgan fingerprint density at radius 3 is 2.85 bits per heavy atom. The van der Waals surface area contributed by atoms with Crippen LogP contribution in [0.4, 0.5) is 0 Å². The highest BCUT2D eigenvalue weighted by Gasteiger charge is 2.04. The van der Waals surface area contributed by atoms with Gasteiger partial charge in [0.1, 0.15) is 5.75 Å². The molecule has 1 aromatic carbocycles. The molecule has 0 aliphatic carbocycles. The second kappa shape index (κ2) is 3.40. The zero-order valence-electron chi connectivity index (χ0n) is 6.44. The molecule has 0 atom stereocenters. The predicted molar refractivity (Wildman–Crippen MR) is 45.7 cm³/mol. The molecule has 6 heteroatoms. The van der Waals surface area contributed by atoms with E-state index in [1.807, 2.05) is 6.07 Å². The number of benzene rings is 1. The molecule has 0 unspecified atom stereocenters. The largest absolute Gasteiger partial charge is 0.421 e. The zero-order valence-corrected chi connectivity index (χ0v) is 7.19. The molecule has 1 heterocycles. The molecule has 13 heavy (non-hydrogen) atoms. The summed E-state index contributed by atoms with van der Waals surface area (Å²) in [4.78, 5) is 0. The minimum atomic E-state index is 0.146. The van der Waals surface area contributed by atoms with E-state index < -0.39 is 0 Å². The highest BCUT2D eigenvalue weighted by molar-refractivity contribution is 6.32. The first-order chi connectivity index (χ1) is 6.36. The van der Waals surface area contributed by atoms with Gasteiger partial charge in [0.25, 0.3) is 0 Å². The third-order valence-corrected chi connectivity index (χ3v) is 1.68.